The molecule has 0 aromatic rings. The molecule has 0 aliphatic carbocycles. The minimum atomic E-state index is -0.460. The normalized spacial score (nSPS) is 25.6. The highest BCUT2D eigenvalue weighted by Crippen LogP contribution is 2.23. The lowest BCUT2D eigenvalue weighted by Gasteiger charge is -2.35. The quantitative estimate of drug-likeness (QED) is 0.571. The van der Waals surface area contributed by atoms with E-state index in [1.54, 1.807) is 13.8 Å². The standard InChI is InChI=1S/C15H22O5/c1-6-12-13(20-15(17)10(4)5)7-11(8-18-12)19-14(16)9(2)3/h11-13H,2,4,6-8H2,1,3,5H3. The van der Waals surface area contributed by atoms with E-state index >= 15 is 0 Å². The van der Waals surface area contributed by atoms with Crippen LogP contribution in [0.5, 0.6) is 0 Å². The summed E-state index contributed by atoms with van der Waals surface area (Å²) >= 11 is 0. The number of hydrogen-bond donors (Lipinski definition) is 0. The van der Waals surface area contributed by atoms with Crippen molar-refractivity contribution in [3.8, 4) is 0 Å². The van der Waals surface area contributed by atoms with Gasteiger partial charge in [0.2, 0.25) is 0 Å². The molecule has 1 rings (SSSR count). The van der Waals surface area contributed by atoms with E-state index in [1.807, 2.05) is 6.92 Å². The molecule has 3 atom stereocenters. The third-order valence-electron chi connectivity index (χ3n) is 3.04. The van der Waals surface area contributed by atoms with Gasteiger partial charge < -0.3 is 14.2 Å². The van der Waals surface area contributed by atoms with Gasteiger partial charge in [-0.15, -0.1) is 0 Å². The first kappa shape index (κ1) is 16.4. The predicted octanol–water partition coefficient (Wildman–Crippen LogP) is 2.16. The van der Waals surface area contributed by atoms with Crippen molar-refractivity contribution < 1.29 is 23.8 Å². The predicted molar refractivity (Wildman–Crippen MR) is 74.0 cm³/mol. The van der Waals surface area contributed by atoms with Crippen molar-refractivity contribution in [3.05, 3.63) is 24.3 Å². The van der Waals surface area contributed by atoms with Crippen LogP contribution >= 0.6 is 0 Å². The van der Waals surface area contributed by atoms with Gasteiger partial charge in [0.15, 0.2) is 0 Å². The number of carbonyl (C=O) groups is 2. The van der Waals surface area contributed by atoms with E-state index in [9.17, 15) is 9.59 Å². The molecule has 20 heavy (non-hydrogen) atoms. The van der Waals surface area contributed by atoms with Crippen LogP contribution < -0.4 is 0 Å². The Labute approximate surface area is 119 Å². The van der Waals surface area contributed by atoms with Crippen LogP contribution in [-0.2, 0) is 23.8 Å². The highest BCUT2D eigenvalue weighted by molar-refractivity contribution is 5.87. The van der Waals surface area contributed by atoms with Crippen LogP contribution in [0.4, 0.5) is 0 Å². The summed E-state index contributed by atoms with van der Waals surface area (Å²) in [5, 5.41) is 0. The van der Waals surface area contributed by atoms with E-state index in [0.717, 1.165) is 6.42 Å². The molecule has 0 aromatic heterocycles. The number of esters is 2. The fourth-order valence-corrected chi connectivity index (χ4v) is 1.89. The monoisotopic (exact) mass is 282 g/mol. The van der Waals surface area contributed by atoms with Gasteiger partial charge in [0.05, 0.1) is 12.7 Å². The first-order valence-electron chi connectivity index (χ1n) is 6.69. The van der Waals surface area contributed by atoms with Gasteiger partial charge >= 0.3 is 11.9 Å². The van der Waals surface area contributed by atoms with Crippen molar-refractivity contribution in [2.45, 2.75) is 51.9 Å². The second-order valence-electron chi connectivity index (χ2n) is 5.05. The molecule has 1 fully saturated rings. The Bertz CT molecular complexity index is 412. The number of carbonyl (C=O) groups excluding carboxylic acids is 2. The molecule has 5 nitrogen and oxygen atoms in total. The van der Waals surface area contributed by atoms with Gasteiger partial charge in [0, 0.05) is 17.6 Å². The van der Waals surface area contributed by atoms with E-state index in [4.69, 9.17) is 14.2 Å². The molecular formula is C15H22O5. The van der Waals surface area contributed by atoms with Crippen LogP contribution in [0, 0.1) is 0 Å². The number of ether oxygens (including phenoxy) is 3. The number of rotatable bonds is 5. The third-order valence-corrected chi connectivity index (χ3v) is 3.04. The molecule has 1 aliphatic heterocycles. The SMILES string of the molecule is C=C(C)C(=O)OC1COC(CC)C(OC(=O)C(=C)C)C1. The average Bonchev–Trinajstić information content (AvgIpc) is 2.38. The highest BCUT2D eigenvalue weighted by Gasteiger charge is 2.35. The zero-order valence-electron chi connectivity index (χ0n) is 12.3. The van der Waals surface area contributed by atoms with Crippen molar-refractivity contribution in [2.24, 2.45) is 0 Å². The van der Waals surface area contributed by atoms with Gasteiger partial charge in [-0.1, -0.05) is 20.1 Å². The topological polar surface area (TPSA) is 61.8 Å². The zero-order chi connectivity index (χ0) is 15.3. The van der Waals surface area contributed by atoms with Gasteiger partial charge in [0.1, 0.15) is 12.2 Å². The molecule has 1 saturated heterocycles. The summed E-state index contributed by atoms with van der Waals surface area (Å²) < 4.78 is 16.2. The van der Waals surface area contributed by atoms with Crippen molar-refractivity contribution in [1.29, 1.82) is 0 Å². The Morgan fingerprint density at radius 2 is 1.70 bits per heavy atom. The summed E-state index contributed by atoms with van der Waals surface area (Å²) in [6, 6.07) is 0. The first-order chi connectivity index (χ1) is 9.35. The van der Waals surface area contributed by atoms with E-state index < -0.39 is 24.1 Å². The largest absolute Gasteiger partial charge is 0.456 e. The van der Waals surface area contributed by atoms with Crippen LogP contribution in [0.15, 0.2) is 24.3 Å². The van der Waals surface area contributed by atoms with Crippen molar-refractivity contribution in [3.63, 3.8) is 0 Å². The second-order valence-corrected chi connectivity index (χ2v) is 5.05. The van der Waals surface area contributed by atoms with Crippen LogP contribution in [-0.4, -0.2) is 36.9 Å². The number of hydrogen-bond acceptors (Lipinski definition) is 5. The van der Waals surface area contributed by atoms with Crippen LogP contribution in [0.1, 0.15) is 33.6 Å². The highest BCUT2D eigenvalue weighted by atomic mass is 16.6. The lowest BCUT2D eigenvalue weighted by molar-refractivity contribution is -0.180. The summed E-state index contributed by atoms with van der Waals surface area (Å²) in [5.41, 5.74) is 0.666. The Hall–Kier alpha value is -1.62. The maximum Gasteiger partial charge on any atom is 0.333 e. The first-order valence-corrected chi connectivity index (χ1v) is 6.69. The molecule has 5 heteroatoms. The summed E-state index contributed by atoms with van der Waals surface area (Å²) in [5.74, 6) is -0.914. The summed E-state index contributed by atoms with van der Waals surface area (Å²) in [7, 11) is 0. The molecule has 112 valence electrons. The molecule has 0 aromatic carbocycles. The fraction of sp³-hybridized carbons (Fsp3) is 0.600. The zero-order valence-corrected chi connectivity index (χ0v) is 12.3. The minimum absolute atomic E-state index is 0.182. The van der Waals surface area contributed by atoms with Crippen LogP contribution in [0.3, 0.4) is 0 Å². The summed E-state index contributed by atoms with van der Waals surface area (Å²) in [6.07, 6.45) is 0.107. The van der Waals surface area contributed by atoms with Crippen molar-refractivity contribution >= 4 is 11.9 Å². The Morgan fingerprint density at radius 1 is 1.15 bits per heavy atom. The average molecular weight is 282 g/mol. The molecule has 0 amide bonds. The molecule has 0 bridgehead atoms. The van der Waals surface area contributed by atoms with Gasteiger partial charge in [-0.3, -0.25) is 0 Å². The molecular weight excluding hydrogens is 260 g/mol. The van der Waals surface area contributed by atoms with E-state index in [-0.39, 0.29) is 6.10 Å². The third kappa shape index (κ3) is 4.49. The smallest absolute Gasteiger partial charge is 0.333 e. The summed E-state index contributed by atoms with van der Waals surface area (Å²) in [4.78, 5) is 23.1. The molecule has 0 spiro atoms. The maximum atomic E-state index is 11.6. The van der Waals surface area contributed by atoms with E-state index in [2.05, 4.69) is 13.2 Å². The van der Waals surface area contributed by atoms with Crippen LogP contribution in [0.2, 0.25) is 0 Å². The maximum absolute atomic E-state index is 11.6. The molecule has 0 radical (unpaired) electrons. The lowest BCUT2D eigenvalue weighted by Crippen LogP contribution is -2.45. The molecule has 3 unspecified atom stereocenters. The van der Waals surface area contributed by atoms with Gasteiger partial charge in [-0.05, 0) is 20.3 Å². The van der Waals surface area contributed by atoms with Crippen molar-refractivity contribution in [1.82, 2.24) is 0 Å². The lowest BCUT2D eigenvalue weighted by atomic mass is 10.0. The molecule has 0 saturated carbocycles. The Kier molecular flexibility index (Phi) is 5.95. The fourth-order valence-electron chi connectivity index (χ4n) is 1.89. The van der Waals surface area contributed by atoms with Crippen molar-refractivity contribution in [2.75, 3.05) is 6.61 Å². The molecule has 1 aliphatic rings. The van der Waals surface area contributed by atoms with E-state index in [0.29, 0.717) is 24.2 Å². The summed E-state index contributed by atoms with van der Waals surface area (Å²) in [6.45, 7) is 12.5. The van der Waals surface area contributed by atoms with Crippen LogP contribution in [0.25, 0.3) is 0 Å². The minimum Gasteiger partial charge on any atom is -0.456 e. The Morgan fingerprint density at radius 3 is 2.20 bits per heavy atom. The molecule has 1 heterocycles. The van der Waals surface area contributed by atoms with Gasteiger partial charge in [0.25, 0.3) is 0 Å². The Balaban J connectivity index is 2.64. The van der Waals surface area contributed by atoms with Gasteiger partial charge in [-0.2, -0.15) is 0 Å². The molecule has 0 N–H and O–H groups in total. The van der Waals surface area contributed by atoms with Gasteiger partial charge in [-0.25, -0.2) is 9.59 Å². The van der Waals surface area contributed by atoms with E-state index in [1.165, 1.54) is 0 Å². The second kappa shape index (κ2) is 7.24.